The molecule has 3 aromatic carbocycles. The zero-order chi connectivity index (χ0) is 27.4. The van der Waals surface area contributed by atoms with Crippen LogP contribution in [-0.4, -0.2) is 36.3 Å². The molecule has 4 nitrogen and oxygen atoms in total. The second kappa shape index (κ2) is 11.4. The Morgan fingerprint density at radius 3 is 1.82 bits per heavy atom. The molecule has 38 heavy (non-hydrogen) atoms. The van der Waals surface area contributed by atoms with Gasteiger partial charge in [0.25, 0.3) is 5.91 Å². The van der Waals surface area contributed by atoms with E-state index in [1.165, 1.54) is 41.3 Å². The summed E-state index contributed by atoms with van der Waals surface area (Å²) >= 11 is 0. The molecular formula is C29H22F5NO3. The lowest BCUT2D eigenvalue weighted by atomic mass is 9.93. The number of amides is 1. The number of likely N-dealkylation sites (tertiary alicyclic amines) is 1. The monoisotopic (exact) mass is 527 g/mol. The maximum atomic E-state index is 14.5. The molecule has 1 heterocycles. The molecule has 0 N–H and O–H groups in total. The van der Waals surface area contributed by atoms with Crippen LogP contribution < -0.4 is 4.74 Å². The van der Waals surface area contributed by atoms with Crippen molar-refractivity contribution in [2.75, 3.05) is 19.7 Å². The van der Waals surface area contributed by atoms with E-state index in [-0.39, 0.29) is 46.7 Å². The van der Waals surface area contributed by atoms with E-state index in [4.69, 9.17) is 4.74 Å². The molecule has 0 spiro atoms. The van der Waals surface area contributed by atoms with Gasteiger partial charge < -0.3 is 9.64 Å². The van der Waals surface area contributed by atoms with Crippen molar-refractivity contribution in [1.29, 1.82) is 0 Å². The highest BCUT2D eigenvalue weighted by Crippen LogP contribution is 2.26. The van der Waals surface area contributed by atoms with Gasteiger partial charge in [-0.1, -0.05) is 19.1 Å². The van der Waals surface area contributed by atoms with E-state index in [1.807, 2.05) is 6.92 Å². The Hall–Kier alpha value is -4.27. The van der Waals surface area contributed by atoms with Gasteiger partial charge >= 0.3 is 0 Å². The third-order valence-corrected chi connectivity index (χ3v) is 5.80. The van der Waals surface area contributed by atoms with Gasteiger partial charge in [-0.3, -0.25) is 9.59 Å². The number of piperidine rings is 1. The Labute approximate surface area is 215 Å². The molecule has 1 fully saturated rings. The summed E-state index contributed by atoms with van der Waals surface area (Å²) in [6.07, 6.45) is 3.29. The van der Waals surface area contributed by atoms with Crippen molar-refractivity contribution < 1.29 is 36.3 Å². The molecule has 0 saturated carbocycles. The first-order valence-corrected chi connectivity index (χ1v) is 11.7. The molecule has 1 aliphatic rings. The number of benzene rings is 3. The minimum atomic E-state index is -1.12. The van der Waals surface area contributed by atoms with E-state index < -0.39 is 40.8 Å². The van der Waals surface area contributed by atoms with Crippen molar-refractivity contribution >= 4 is 23.8 Å². The number of carbonyl (C=O) groups is 2. The van der Waals surface area contributed by atoms with Crippen molar-refractivity contribution in [2.24, 2.45) is 0 Å². The summed E-state index contributed by atoms with van der Waals surface area (Å²) < 4.78 is 74.1. The van der Waals surface area contributed by atoms with Gasteiger partial charge in [-0.25, -0.2) is 22.0 Å². The predicted octanol–water partition coefficient (Wildman–Crippen LogP) is 6.36. The van der Waals surface area contributed by atoms with Gasteiger partial charge in [0.2, 0.25) is 0 Å². The van der Waals surface area contributed by atoms with Crippen molar-refractivity contribution in [3.63, 3.8) is 0 Å². The maximum absolute atomic E-state index is 14.5. The van der Waals surface area contributed by atoms with Crippen LogP contribution >= 0.6 is 0 Å². The molecule has 3 aromatic rings. The number of hydrogen-bond donors (Lipinski definition) is 0. The average Bonchev–Trinajstić information content (AvgIpc) is 2.89. The van der Waals surface area contributed by atoms with Gasteiger partial charge in [-0.2, -0.15) is 0 Å². The first kappa shape index (κ1) is 26.8. The number of hydrogen-bond acceptors (Lipinski definition) is 3. The number of ketones is 1. The highest BCUT2D eigenvalue weighted by atomic mass is 19.2. The highest BCUT2D eigenvalue weighted by Gasteiger charge is 2.30. The lowest BCUT2D eigenvalue weighted by molar-refractivity contribution is -0.113. The molecule has 0 unspecified atom stereocenters. The first-order valence-electron chi connectivity index (χ1n) is 11.7. The van der Waals surface area contributed by atoms with Crippen LogP contribution in [0.15, 0.2) is 65.7 Å². The van der Waals surface area contributed by atoms with Gasteiger partial charge in [0, 0.05) is 16.7 Å². The fourth-order valence-electron chi connectivity index (χ4n) is 3.94. The summed E-state index contributed by atoms with van der Waals surface area (Å²) in [5.74, 6) is -6.22. The largest absolute Gasteiger partial charge is 0.491 e. The normalized spacial score (nSPS) is 15.8. The first-order chi connectivity index (χ1) is 18.2. The molecule has 4 rings (SSSR count). The number of rotatable bonds is 6. The van der Waals surface area contributed by atoms with Crippen molar-refractivity contribution in [2.45, 2.75) is 13.3 Å². The zero-order valence-corrected chi connectivity index (χ0v) is 20.2. The lowest BCUT2D eigenvalue weighted by Gasteiger charge is -2.30. The van der Waals surface area contributed by atoms with E-state index in [0.717, 1.165) is 30.3 Å². The molecule has 0 bridgehead atoms. The molecule has 0 atom stereocenters. The van der Waals surface area contributed by atoms with Crippen LogP contribution in [0, 0.1) is 29.1 Å². The average molecular weight is 527 g/mol. The van der Waals surface area contributed by atoms with Crippen LogP contribution in [0.5, 0.6) is 5.75 Å². The number of ether oxygens (including phenoxy) is 1. The summed E-state index contributed by atoms with van der Waals surface area (Å²) in [5.41, 5.74) is 0.482. The Balaban J connectivity index is 1.71. The van der Waals surface area contributed by atoms with Crippen LogP contribution in [0.2, 0.25) is 0 Å². The van der Waals surface area contributed by atoms with Gasteiger partial charge in [0.1, 0.15) is 0 Å². The summed E-state index contributed by atoms with van der Waals surface area (Å²) in [5, 5.41) is 0. The number of halogens is 5. The molecule has 1 aliphatic heterocycles. The third kappa shape index (κ3) is 5.99. The second-order valence-electron chi connectivity index (χ2n) is 8.67. The lowest BCUT2D eigenvalue weighted by Crippen LogP contribution is -2.41. The van der Waals surface area contributed by atoms with Crippen LogP contribution in [-0.2, 0) is 4.79 Å². The SMILES string of the molecule is CCCOc1ccc(C(=O)N2C/C(=C\c3ccc(F)c(F)c3)C(=O)/C(=C/c3ccc(F)c(F)c3)C2)cc1F. The second-order valence-corrected chi connectivity index (χ2v) is 8.67. The Morgan fingerprint density at radius 1 is 0.789 bits per heavy atom. The van der Waals surface area contributed by atoms with Crippen molar-refractivity contribution in [3.05, 3.63) is 112 Å². The van der Waals surface area contributed by atoms with Crippen molar-refractivity contribution in [1.82, 2.24) is 4.90 Å². The van der Waals surface area contributed by atoms with E-state index in [9.17, 15) is 31.5 Å². The molecule has 0 aliphatic carbocycles. The number of nitrogens with zero attached hydrogens (tertiary/aromatic N) is 1. The van der Waals surface area contributed by atoms with E-state index in [2.05, 4.69) is 0 Å². The third-order valence-electron chi connectivity index (χ3n) is 5.80. The molecule has 9 heteroatoms. The Kier molecular flexibility index (Phi) is 8.05. The van der Waals surface area contributed by atoms with Crippen LogP contribution in [0.25, 0.3) is 12.2 Å². The molecular weight excluding hydrogens is 505 g/mol. The quantitative estimate of drug-likeness (QED) is 0.277. The minimum absolute atomic E-state index is 0.0000470. The van der Waals surface area contributed by atoms with Gasteiger partial charge in [0.15, 0.2) is 40.6 Å². The zero-order valence-electron chi connectivity index (χ0n) is 20.2. The van der Waals surface area contributed by atoms with E-state index in [1.54, 1.807) is 0 Å². The smallest absolute Gasteiger partial charge is 0.254 e. The topological polar surface area (TPSA) is 46.6 Å². The fraction of sp³-hybridized carbons (Fsp3) is 0.172. The molecule has 196 valence electrons. The summed E-state index contributed by atoms with van der Waals surface area (Å²) in [4.78, 5) is 27.8. The Bertz CT molecular complexity index is 1390. The number of Topliss-reactive ketones (excluding diaryl/α,β-unsaturated/α-hetero) is 1. The molecule has 1 saturated heterocycles. The fourth-order valence-corrected chi connectivity index (χ4v) is 3.94. The predicted molar refractivity (Wildman–Crippen MR) is 132 cm³/mol. The standard InChI is InChI=1S/C29H22F5NO3/c1-2-9-38-27-8-5-19(14-26(27)34)29(37)35-15-20(10-17-3-6-22(30)24(32)12-17)28(36)21(16-35)11-18-4-7-23(31)25(33)13-18/h3-8,10-14H,2,9,15-16H2,1H3/b20-10+,21-11+. The number of carbonyl (C=O) groups excluding carboxylic acids is 2. The van der Waals surface area contributed by atoms with Crippen molar-refractivity contribution in [3.8, 4) is 5.75 Å². The molecule has 0 aromatic heterocycles. The maximum Gasteiger partial charge on any atom is 0.254 e. The molecule has 1 amide bonds. The minimum Gasteiger partial charge on any atom is -0.491 e. The highest BCUT2D eigenvalue weighted by molar-refractivity contribution is 6.15. The van der Waals surface area contributed by atoms with Crippen LogP contribution in [0.4, 0.5) is 22.0 Å². The van der Waals surface area contributed by atoms with Gasteiger partial charge in [-0.15, -0.1) is 0 Å². The van der Waals surface area contributed by atoms with Gasteiger partial charge in [-0.05, 0) is 72.2 Å². The van der Waals surface area contributed by atoms with E-state index in [0.29, 0.717) is 13.0 Å². The van der Waals surface area contributed by atoms with Gasteiger partial charge in [0.05, 0.1) is 19.7 Å². The van der Waals surface area contributed by atoms with E-state index >= 15 is 0 Å². The molecule has 0 radical (unpaired) electrons. The van der Waals surface area contributed by atoms with Crippen LogP contribution in [0.3, 0.4) is 0 Å². The van der Waals surface area contributed by atoms with Crippen LogP contribution in [0.1, 0.15) is 34.8 Å². The summed E-state index contributed by atoms with van der Waals surface area (Å²) in [6, 6.07) is 9.90. The Morgan fingerprint density at radius 2 is 1.34 bits per heavy atom. The summed E-state index contributed by atoms with van der Waals surface area (Å²) in [7, 11) is 0. The summed E-state index contributed by atoms with van der Waals surface area (Å²) in [6.45, 7) is 1.75.